The van der Waals surface area contributed by atoms with Crippen LogP contribution in [0.1, 0.15) is 20.8 Å². The fourth-order valence-electron chi connectivity index (χ4n) is 2.99. The smallest absolute Gasteiger partial charge is 0.265 e. The summed E-state index contributed by atoms with van der Waals surface area (Å²) < 4.78 is 14.1. The average molecular weight is 346 g/mol. The molecule has 0 saturated heterocycles. The van der Waals surface area contributed by atoms with Crippen LogP contribution in [0.2, 0.25) is 5.02 Å². The lowest BCUT2D eigenvalue weighted by atomic mass is 10.00. The zero-order chi connectivity index (χ0) is 16.0. The van der Waals surface area contributed by atoms with E-state index in [1.54, 1.807) is 6.07 Å². The molecule has 5 heteroatoms. The van der Waals surface area contributed by atoms with Crippen LogP contribution in [-0.4, -0.2) is 17.4 Å². The monoisotopic (exact) mass is 345 g/mol. The molecule has 116 valence electrons. The van der Waals surface area contributed by atoms with Gasteiger partial charge in [0.1, 0.15) is 10.7 Å². The van der Waals surface area contributed by atoms with Gasteiger partial charge in [0.05, 0.1) is 5.02 Å². The van der Waals surface area contributed by atoms with Crippen molar-refractivity contribution in [2.75, 3.05) is 6.54 Å². The van der Waals surface area contributed by atoms with Crippen LogP contribution in [0.5, 0.6) is 0 Å². The predicted octanol–water partition coefficient (Wildman–Crippen LogP) is 4.89. The van der Waals surface area contributed by atoms with Crippen LogP contribution in [0.4, 0.5) is 4.39 Å². The number of nitrogens with zero attached hydrogens (tertiary/aromatic N) is 1. The Balaban J connectivity index is 1.69. The van der Waals surface area contributed by atoms with Crippen molar-refractivity contribution in [3.05, 3.63) is 69.3 Å². The maximum absolute atomic E-state index is 13.4. The van der Waals surface area contributed by atoms with Crippen LogP contribution in [-0.2, 0) is 13.0 Å². The predicted molar refractivity (Wildman–Crippen MR) is 91.7 cm³/mol. The highest BCUT2D eigenvalue weighted by Crippen LogP contribution is 2.37. The fraction of sp³-hybridized carbons (Fsp3) is 0.167. The van der Waals surface area contributed by atoms with E-state index in [0.29, 0.717) is 27.7 Å². The molecule has 2 aromatic carbocycles. The van der Waals surface area contributed by atoms with Crippen molar-refractivity contribution >= 4 is 38.9 Å². The minimum absolute atomic E-state index is 0.0777. The van der Waals surface area contributed by atoms with Crippen LogP contribution in [0.25, 0.3) is 10.1 Å². The number of benzene rings is 2. The number of amides is 1. The molecule has 0 unspecified atom stereocenters. The number of carbonyl (C=O) groups is 1. The van der Waals surface area contributed by atoms with E-state index in [9.17, 15) is 9.18 Å². The first-order chi connectivity index (χ1) is 11.1. The quantitative estimate of drug-likeness (QED) is 0.614. The summed E-state index contributed by atoms with van der Waals surface area (Å²) in [5, 5.41) is 1.16. The van der Waals surface area contributed by atoms with Gasteiger partial charge in [-0.2, -0.15) is 0 Å². The van der Waals surface area contributed by atoms with E-state index >= 15 is 0 Å². The Hall–Kier alpha value is -1.91. The second-order valence-electron chi connectivity index (χ2n) is 5.63. The van der Waals surface area contributed by atoms with Crippen molar-refractivity contribution in [2.45, 2.75) is 13.0 Å². The van der Waals surface area contributed by atoms with Crippen molar-refractivity contribution < 1.29 is 9.18 Å². The molecular formula is C18H13ClFNOS. The summed E-state index contributed by atoms with van der Waals surface area (Å²) in [5.41, 5.74) is 2.47. The molecular weight excluding hydrogens is 333 g/mol. The van der Waals surface area contributed by atoms with Crippen LogP contribution < -0.4 is 0 Å². The molecule has 1 amide bonds. The molecule has 0 aliphatic carbocycles. The Bertz CT molecular complexity index is 921. The Morgan fingerprint density at radius 1 is 1.17 bits per heavy atom. The molecule has 0 N–H and O–H groups in total. The molecule has 2 nitrogen and oxygen atoms in total. The van der Waals surface area contributed by atoms with Gasteiger partial charge in [-0.3, -0.25) is 4.79 Å². The lowest BCUT2D eigenvalue weighted by molar-refractivity contribution is 0.0740. The van der Waals surface area contributed by atoms with Gasteiger partial charge in [-0.05, 0) is 35.7 Å². The third-order valence-corrected chi connectivity index (χ3v) is 5.85. The third kappa shape index (κ3) is 2.52. The summed E-state index contributed by atoms with van der Waals surface area (Å²) in [7, 11) is 0. The highest BCUT2D eigenvalue weighted by Gasteiger charge is 2.25. The molecule has 0 radical (unpaired) electrons. The lowest BCUT2D eigenvalue weighted by Crippen LogP contribution is -2.35. The number of halogens is 2. The molecule has 3 aromatic rings. The number of carbonyl (C=O) groups excluding carboxylic acids is 1. The van der Waals surface area contributed by atoms with Gasteiger partial charge in [0.25, 0.3) is 5.91 Å². The van der Waals surface area contributed by atoms with Crippen molar-refractivity contribution in [1.29, 1.82) is 0 Å². The SMILES string of the molecule is O=C(c1sc2cc(F)ccc2c1Cl)N1CCc2ccccc2C1. The van der Waals surface area contributed by atoms with E-state index < -0.39 is 0 Å². The molecule has 1 aliphatic heterocycles. The summed E-state index contributed by atoms with van der Waals surface area (Å²) in [6.07, 6.45) is 0.846. The molecule has 0 fully saturated rings. The van der Waals surface area contributed by atoms with Gasteiger partial charge < -0.3 is 4.90 Å². The normalized spacial score (nSPS) is 14.1. The fourth-order valence-corrected chi connectivity index (χ4v) is 4.49. The van der Waals surface area contributed by atoms with Gasteiger partial charge >= 0.3 is 0 Å². The molecule has 1 aromatic heterocycles. The van der Waals surface area contributed by atoms with E-state index in [1.807, 2.05) is 17.0 Å². The first-order valence-electron chi connectivity index (χ1n) is 7.37. The van der Waals surface area contributed by atoms with Crippen molar-refractivity contribution in [2.24, 2.45) is 0 Å². The molecule has 4 rings (SSSR count). The van der Waals surface area contributed by atoms with Gasteiger partial charge in [0.15, 0.2) is 0 Å². The largest absolute Gasteiger partial charge is 0.333 e. The van der Waals surface area contributed by atoms with Gasteiger partial charge in [-0.1, -0.05) is 35.9 Å². The zero-order valence-corrected chi connectivity index (χ0v) is 13.8. The molecule has 0 spiro atoms. The van der Waals surface area contributed by atoms with Crippen LogP contribution in [0, 0.1) is 5.82 Å². The summed E-state index contributed by atoms with van der Waals surface area (Å²) >= 11 is 7.62. The Labute approximate surface area is 142 Å². The Morgan fingerprint density at radius 2 is 1.96 bits per heavy atom. The van der Waals surface area contributed by atoms with E-state index in [2.05, 4.69) is 12.1 Å². The lowest BCUT2D eigenvalue weighted by Gasteiger charge is -2.28. The maximum Gasteiger partial charge on any atom is 0.265 e. The van der Waals surface area contributed by atoms with E-state index in [4.69, 9.17) is 11.6 Å². The molecule has 0 saturated carbocycles. The van der Waals surface area contributed by atoms with E-state index in [1.165, 1.54) is 34.6 Å². The van der Waals surface area contributed by atoms with Crippen LogP contribution in [0.3, 0.4) is 0 Å². The second-order valence-corrected chi connectivity index (χ2v) is 7.06. The highest BCUT2D eigenvalue weighted by atomic mass is 35.5. The number of hydrogen-bond donors (Lipinski definition) is 0. The van der Waals surface area contributed by atoms with E-state index in [0.717, 1.165) is 11.8 Å². The average Bonchev–Trinajstić information content (AvgIpc) is 2.89. The van der Waals surface area contributed by atoms with Crippen molar-refractivity contribution in [1.82, 2.24) is 4.90 Å². The zero-order valence-electron chi connectivity index (χ0n) is 12.2. The molecule has 2 heterocycles. The third-order valence-electron chi connectivity index (χ3n) is 4.20. The summed E-state index contributed by atoms with van der Waals surface area (Å²) in [6, 6.07) is 12.6. The van der Waals surface area contributed by atoms with Gasteiger partial charge in [-0.15, -0.1) is 11.3 Å². The standard InChI is InChI=1S/C18H13ClFNOS/c19-16-14-6-5-13(20)9-15(14)23-17(16)18(22)21-8-7-11-3-1-2-4-12(11)10-21/h1-6,9H,7-8,10H2. The van der Waals surface area contributed by atoms with E-state index in [-0.39, 0.29) is 11.7 Å². The maximum atomic E-state index is 13.4. The first-order valence-corrected chi connectivity index (χ1v) is 8.56. The summed E-state index contributed by atoms with van der Waals surface area (Å²) in [4.78, 5) is 15.2. The highest BCUT2D eigenvalue weighted by molar-refractivity contribution is 7.21. The van der Waals surface area contributed by atoms with Gasteiger partial charge in [0, 0.05) is 23.2 Å². The topological polar surface area (TPSA) is 20.3 Å². The summed E-state index contributed by atoms with van der Waals surface area (Å²) in [5.74, 6) is -0.396. The van der Waals surface area contributed by atoms with Gasteiger partial charge in [-0.25, -0.2) is 4.39 Å². The number of fused-ring (bicyclic) bond motifs is 2. The number of thiophene rings is 1. The minimum atomic E-state index is -0.318. The minimum Gasteiger partial charge on any atom is -0.333 e. The molecule has 23 heavy (non-hydrogen) atoms. The van der Waals surface area contributed by atoms with Crippen LogP contribution in [0.15, 0.2) is 42.5 Å². The number of rotatable bonds is 1. The van der Waals surface area contributed by atoms with Crippen molar-refractivity contribution in [3.8, 4) is 0 Å². The van der Waals surface area contributed by atoms with Gasteiger partial charge in [0.2, 0.25) is 0 Å². The summed E-state index contributed by atoms with van der Waals surface area (Å²) in [6.45, 7) is 1.27. The molecule has 1 aliphatic rings. The van der Waals surface area contributed by atoms with Crippen molar-refractivity contribution in [3.63, 3.8) is 0 Å². The number of hydrogen-bond acceptors (Lipinski definition) is 2. The van der Waals surface area contributed by atoms with Crippen LogP contribution >= 0.6 is 22.9 Å². The Kier molecular flexibility index (Phi) is 3.58. The molecule has 0 bridgehead atoms. The first kappa shape index (κ1) is 14.7. The second kappa shape index (κ2) is 5.62. The molecule has 0 atom stereocenters. The Morgan fingerprint density at radius 3 is 2.78 bits per heavy atom.